The van der Waals surface area contributed by atoms with Crippen molar-refractivity contribution in [3.05, 3.63) is 42.0 Å². The highest BCUT2D eigenvalue weighted by Crippen LogP contribution is 2.24. The number of hydrogen-bond acceptors (Lipinski definition) is 5. The molecule has 9 heteroatoms. The van der Waals surface area contributed by atoms with Gasteiger partial charge in [0.05, 0.1) is 6.21 Å². The van der Waals surface area contributed by atoms with E-state index in [9.17, 15) is 9.18 Å². The van der Waals surface area contributed by atoms with Gasteiger partial charge in [-0.25, -0.2) is 19.6 Å². The van der Waals surface area contributed by atoms with Crippen molar-refractivity contribution in [2.75, 3.05) is 0 Å². The Morgan fingerprint density at radius 1 is 1.48 bits per heavy atom. The molecule has 3 rings (SSSR count). The lowest BCUT2D eigenvalue weighted by molar-refractivity contribution is 0.249. The van der Waals surface area contributed by atoms with E-state index in [1.807, 2.05) is 0 Å². The molecule has 0 radical (unpaired) electrons. The van der Waals surface area contributed by atoms with Crippen LogP contribution in [0.3, 0.4) is 0 Å². The second-order valence-corrected chi connectivity index (χ2v) is 4.73. The SMILES string of the molecule is Cn1cnnc1-c1cc(/C=N/NC(N)=O)c2cccc(F)c2n1. The van der Waals surface area contributed by atoms with Gasteiger partial charge in [-0.3, -0.25) is 0 Å². The predicted molar refractivity (Wildman–Crippen MR) is 82.0 cm³/mol. The molecule has 0 fully saturated rings. The van der Waals surface area contributed by atoms with Crippen LogP contribution >= 0.6 is 0 Å². The zero-order valence-electron chi connectivity index (χ0n) is 12.1. The fourth-order valence-electron chi connectivity index (χ4n) is 2.14. The predicted octanol–water partition coefficient (Wildman–Crippen LogP) is 1.17. The van der Waals surface area contributed by atoms with Crippen molar-refractivity contribution >= 4 is 23.1 Å². The van der Waals surface area contributed by atoms with E-state index in [4.69, 9.17) is 5.73 Å². The molecule has 0 aliphatic heterocycles. The lowest BCUT2D eigenvalue weighted by Crippen LogP contribution is -2.24. The molecule has 3 aromatic rings. The van der Waals surface area contributed by atoms with Gasteiger partial charge in [-0.05, 0) is 12.1 Å². The molecule has 2 aromatic heterocycles. The molecule has 2 amide bonds. The molecule has 0 aliphatic rings. The van der Waals surface area contributed by atoms with Crippen LogP contribution in [0.2, 0.25) is 0 Å². The molecule has 0 aliphatic carbocycles. The zero-order valence-corrected chi connectivity index (χ0v) is 12.1. The van der Waals surface area contributed by atoms with Crippen LogP contribution in [0.25, 0.3) is 22.4 Å². The van der Waals surface area contributed by atoms with Crippen LogP contribution in [0.5, 0.6) is 0 Å². The average molecular weight is 313 g/mol. The van der Waals surface area contributed by atoms with E-state index in [2.05, 4.69) is 25.7 Å². The van der Waals surface area contributed by atoms with E-state index in [-0.39, 0.29) is 5.52 Å². The van der Waals surface area contributed by atoms with Gasteiger partial charge in [0.1, 0.15) is 23.4 Å². The maximum Gasteiger partial charge on any atom is 0.332 e. The van der Waals surface area contributed by atoms with Crippen LogP contribution in [0.15, 0.2) is 35.7 Å². The molecular weight excluding hydrogens is 301 g/mol. The van der Waals surface area contributed by atoms with Crippen molar-refractivity contribution in [1.82, 2.24) is 25.2 Å². The van der Waals surface area contributed by atoms with Crippen molar-refractivity contribution in [2.24, 2.45) is 17.9 Å². The number of pyridine rings is 1. The third kappa shape index (κ3) is 2.84. The molecule has 0 bridgehead atoms. The number of amides is 2. The first-order valence-electron chi connectivity index (χ1n) is 6.58. The van der Waals surface area contributed by atoms with Crippen molar-refractivity contribution in [3.63, 3.8) is 0 Å². The van der Waals surface area contributed by atoms with Crippen LogP contribution in [-0.4, -0.2) is 32.0 Å². The Morgan fingerprint density at radius 3 is 3.00 bits per heavy atom. The number of carbonyl (C=O) groups excluding carboxylic acids is 1. The number of nitrogens with two attached hydrogens (primary N) is 1. The Morgan fingerprint density at radius 2 is 2.30 bits per heavy atom. The lowest BCUT2D eigenvalue weighted by Gasteiger charge is -2.07. The summed E-state index contributed by atoms with van der Waals surface area (Å²) in [5.41, 5.74) is 8.23. The molecule has 3 N–H and O–H groups in total. The van der Waals surface area contributed by atoms with Gasteiger partial charge in [-0.15, -0.1) is 10.2 Å². The van der Waals surface area contributed by atoms with Crippen LogP contribution in [-0.2, 0) is 7.05 Å². The van der Waals surface area contributed by atoms with Gasteiger partial charge in [-0.1, -0.05) is 12.1 Å². The molecule has 2 heterocycles. The number of hydrazone groups is 1. The third-order valence-corrected chi connectivity index (χ3v) is 3.14. The third-order valence-electron chi connectivity index (χ3n) is 3.14. The molecule has 0 saturated carbocycles. The van der Waals surface area contributed by atoms with Gasteiger partial charge < -0.3 is 10.3 Å². The number of primary amides is 1. The molecule has 8 nitrogen and oxygen atoms in total. The highest BCUT2D eigenvalue weighted by Gasteiger charge is 2.13. The summed E-state index contributed by atoms with van der Waals surface area (Å²) >= 11 is 0. The van der Waals surface area contributed by atoms with E-state index in [1.165, 1.54) is 18.6 Å². The topological polar surface area (TPSA) is 111 Å². The monoisotopic (exact) mass is 313 g/mol. The molecule has 1 aromatic carbocycles. The summed E-state index contributed by atoms with van der Waals surface area (Å²) in [6, 6.07) is 5.48. The Hall–Kier alpha value is -3.36. The van der Waals surface area contributed by atoms with Crippen LogP contribution in [0.1, 0.15) is 5.56 Å². The average Bonchev–Trinajstić information content (AvgIpc) is 2.93. The summed E-state index contributed by atoms with van der Waals surface area (Å²) < 4.78 is 15.8. The Kier molecular flexibility index (Phi) is 3.67. The maximum absolute atomic E-state index is 14.1. The van der Waals surface area contributed by atoms with Crippen molar-refractivity contribution in [1.29, 1.82) is 0 Å². The van der Waals surface area contributed by atoms with Gasteiger partial charge in [-0.2, -0.15) is 5.10 Å². The Balaban J connectivity index is 2.20. The van der Waals surface area contributed by atoms with Crippen molar-refractivity contribution in [3.8, 4) is 11.5 Å². The first-order chi connectivity index (χ1) is 11.1. The van der Waals surface area contributed by atoms with E-state index in [0.29, 0.717) is 22.5 Å². The lowest BCUT2D eigenvalue weighted by atomic mass is 10.1. The number of para-hydroxylation sites is 1. The number of rotatable bonds is 3. The minimum absolute atomic E-state index is 0.175. The number of urea groups is 1. The van der Waals surface area contributed by atoms with E-state index in [0.717, 1.165) is 0 Å². The second kappa shape index (κ2) is 5.79. The van der Waals surface area contributed by atoms with Gasteiger partial charge in [0.25, 0.3) is 0 Å². The van der Waals surface area contributed by atoms with Crippen molar-refractivity contribution in [2.45, 2.75) is 0 Å². The van der Waals surface area contributed by atoms with Gasteiger partial charge in [0.2, 0.25) is 0 Å². The number of halogens is 1. The Bertz CT molecular complexity index is 919. The number of carbonyl (C=O) groups is 1. The standard InChI is InChI=1S/C14H12FN7O/c1-22-7-18-20-13(22)11-5-8(6-17-21-14(16)23)9-3-2-4-10(15)12(9)19-11/h2-7H,1H3,(H3,16,21,23)/b17-6+. The second-order valence-electron chi connectivity index (χ2n) is 4.73. The number of benzene rings is 1. The smallest absolute Gasteiger partial charge is 0.332 e. The highest BCUT2D eigenvalue weighted by molar-refractivity contribution is 6.00. The number of fused-ring (bicyclic) bond motifs is 1. The van der Waals surface area contributed by atoms with Crippen LogP contribution in [0.4, 0.5) is 9.18 Å². The summed E-state index contributed by atoms with van der Waals surface area (Å²) in [5, 5.41) is 12.0. The maximum atomic E-state index is 14.1. The summed E-state index contributed by atoms with van der Waals surface area (Å²) in [4.78, 5) is 15.0. The molecule has 0 unspecified atom stereocenters. The minimum atomic E-state index is -0.792. The highest BCUT2D eigenvalue weighted by atomic mass is 19.1. The van der Waals surface area contributed by atoms with Gasteiger partial charge in [0, 0.05) is 18.0 Å². The molecule has 116 valence electrons. The van der Waals surface area contributed by atoms with E-state index in [1.54, 1.807) is 29.8 Å². The molecule has 0 atom stereocenters. The van der Waals surface area contributed by atoms with E-state index >= 15 is 0 Å². The number of hydrogen-bond donors (Lipinski definition) is 2. The first kappa shape index (κ1) is 14.6. The van der Waals surface area contributed by atoms with E-state index < -0.39 is 11.8 Å². The molecular formula is C14H12FN7O. The summed E-state index contributed by atoms with van der Waals surface area (Å²) in [5.74, 6) is 0.0108. The van der Waals surface area contributed by atoms with Gasteiger partial charge >= 0.3 is 6.03 Å². The van der Waals surface area contributed by atoms with Crippen molar-refractivity contribution < 1.29 is 9.18 Å². The summed E-state index contributed by atoms with van der Waals surface area (Å²) in [6.07, 6.45) is 2.89. The molecule has 0 spiro atoms. The number of nitrogens with zero attached hydrogens (tertiary/aromatic N) is 5. The fraction of sp³-hybridized carbons (Fsp3) is 0.0714. The number of aryl methyl sites for hydroxylation is 1. The summed E-state index contributed by atoms with van der Waals surface area (Å²) in [6.45, 7) is 0. The quantitative estimate of drug-likeness (QED) is 0.558. The molecule has 0 saturated heterocycles. The summed E-state index contributed by atoms with van der Waals surface area (Å²) in [7, 11) is 1.75. The first-order valence-corrected chi connectivity index (χ1v) is 6.58. The van der Waals surface area contributed by atoms with Crippen LogP contribution in [0, 0.1) is 5.82 Å². The van der Waals surface area contributed by atoms with Crippen LogP contribution < -0.4 is 11.2 Å². The number of nitrogens with one attached hydrogen (secondary N) is 1. The minimum Gasteiger partial charge on any atom is -0.350 e. The largest absolute Gasteiger partial charge is 0.350 e. The normalized spacial score (nSPS) is 11.2. The van der Waals surface area contributed by atoms with Gasteiger partial charge in [0.15, 0.2) is 5.82 Å². The zero-order chi connectivity index (χ0) is 16.4. The number of aromatic nitrogens is 4. The Labute approximate surface area is 129 Å². The molecule has 23 heavy (non-hydrogen) atoms. The fourth-order valence-corrected chi connectivity index (χ4v) is 2.14.